The molecule has 0 aromatic heterocycles. The molecule has 1 aliphatic heterocycles. The van der Waals surface area contributed by atoms with Crippen molar-refractivity contribution in [1.29, 1.82) is 0 Å². The van der Waals surface area contributed by atoms with Gasteiger partial charge in [-0.15, -0.1) is 0 Å². The molecule has 184 valence electrons. The maximum atomic E-state index is 11.5. The molecule has 2 aliphatic rings. The van der Waals surface area contributed by atoms with Gasteiger partial charge in [0, 0.05) is 37.6 Å². The Bertz CT molecular complexity index is 1110. The van der Waals surface area contributed by atoms with E-state index < -0.39 is 5.97 Å². The highest BCUT2D eigenvalue weighted by atomic mass is 16.5. The van der Waals surface area contributed by atoms with Gasteiger partial charge in [-0.1, -0.05) is 24.3 Å². The number of allylic oxidation sites excluding steroid dienone is 2. The van der Waals surface area contributed by atoms with Crippen LogP contribution in [0.15, 0.2) is 70.5 Å². The van der Waals surface area contributed by atoms with Gasteiger partial charge >= 0.3 is 5.97 Å². The van der Waals surface area contributed by atoms with Crippen molar-refractivity contribution in [2.75, 3.05) is 49.7 Å². The lowest BCUT2D eigenvalue weighted by atomic mass is 10.1. The number of hydrazone groups is 1. The molecule has 2 aromatic rings. The first-order chi connectivity index (χ1) is 17.1. The Kier molecular flexibility index (Phi) is 8.21. The van der Waals surface area contributed by atoms with Crippen molar-refractivity contribution < 1.29 is 14.6 Å². The smallest absolute Gasteiger partial charge is 0.337 e. The molecule has 7 heteroatoms. The quantitative estimate of drug-likeness (QED) is 0.389. The minimum Gasteiger partial charge on any atom is -0.478 e. The lowest BCUT2D eigenvalue weighted by molar-refractivity contribution is 0.0548. The van der Waals surface area contributed by atoms with Crippen LogP contribution in [0.4, 0.5) is 11.4 Å². The molecule has 2 aromatic carbocycles. The van der Waals surface area contributed by atoms with Gasteiger partial charge in [-0.3, -0.25) is 5.43 Å². The Morgan fingerprint density at radius 2 is 1.80 bits per heavy atom. The molecule has 1 aliphatic carbocycles. The number of ether oxygens (including phenoxy) is 1. The summed E-state index contributed by atoms with van der Waals surface area (Å²) in [5.74, 6) is -0.977. The van der Waals surface area contributed by atoms with Gasteiger partial charge in [0.15, 0.2) is 0 Å². The average molecular weight is 475 g/mol. The molecule has 0 radical (unpaired) electrons. The lowest BCUT2D eigenvalue weighted by Gasteiger charge is -2.31. The second-order valence-corrected chi connectivity index (χ2v) is 8.63. The van der Waals surface area contributed by atoms with Crippen LogP contribution in [-0.2, 0) is 4.74 Å². The predicted molar refractivity (Wildman–Crippen MR) is 142 cm³/mol. The summed E-state index contributed by atoms with van der Waals surface area (Å²) in [5.41, 5.74) is 9.71. The Morgan fingerprint density at radius 3 is 2.49 bits per heavy atom. The van der Waals surface area contributed by atoms with E-state index in [0.717, 1.165) is 44.6 Å². The summed E-state index contributed by atoms with van der Waals surface area (Å²) < 4.78 is 5.59. The van der Waals surface area contributed by atoms with Crippen LogP contribution in [0.5, 0.6) is 0 Å². The number of hydrogen-bond acceptors (Lipinski definition) is 6. The molecule has 0 bridgehead atoms. The summed E-state index contributed by atoms with van der Waals surface area (Å²) in [4.78, 5) is 16.2. The first kappa shape index (κ1) is 24.5. The van der Waals surface area contributed by atoms with Crippen LogP contribution in [0.2, 0.25) is 0 Å². The van der Waals surface area contributed by atoms with E-state index in [9.17, 15) is 9.90 Å². The van der Waals surface area contributed by atoms with Crippen LogP contribution in [0.1, 0.15) is 42.6 Å². The normalized spacial score (nSPS) is 17.4. The Balaban J connectivity index is 1.59. The molecule has 1 heterocycles. The molecule has 35 heavy (non-hydrogen) atoms. The molecular weight excluding hydrogens is 440 g/mol. The van der Waals surface area contributed by atoms with Crippen LogP contribution in [0.25, 0.3) is 6.08 Å². The summed E-state index contributed by atoms with van der Waals surface area (Å²) >= 11 is 0. The molecule has 0 amide bonds. The fraction of sp³-hybridized carbons (Fsp3) is 0.357. The first-order valence-corrected chi connectivity index (χ1v) is 12.3. The number of benzene rings is 2. The van der Waals surface area contributed by atoms with Gasteiger partial charge in [-0.2, -0.15) is 5.10 Å². The summed E-state index contributed by atoms with van der Waals surface area (Å²) in [6, 6.07) is 15.6. The zero-order valence-electron chi connectivity index (χ0n) is 20.5. The molecule has 1 fully saturated rings. The van der Waals surface area contributed by atoms with Crippen LogP contribution < -0.4 is 10.3 Å². The minimum absolute atomic E-state index is 0.201. The number of hydrogen-bond donors (Lipinski definition) is 2. The van der Waals surface area contributed by atoms with Crippen molar-refractivity contribution in [2.45, 2.75) is 26.7 Å². The second-order valence-electron chi connectivity index (χ2n) is 8.63. The van der Waals surface area contributed by atoms with Crippen molar-refractivity contribution in [3.8, 4) is 0 Å². The van der Waals surface area contributed by atoms with E-state index in [2.05, 4.69) is 64.5 Å². The molecule has 0 saturated carbocycles. The fourth-order valence-corrected chi connectivity index (χ4v) is 4.69. The highest BCUT2D eigenvalue weighted by Crippen LogP contribution is 2.35. The predicted octanol–water partition coefficient (Wildman–Crippen LogP) is 5.09. The van der Waals surface area contributed by atoms with Gasteiger partial charge in [0.1, 0.15) is 0 Å². The van der Waals surface area contributed by atoms with E-state index in [0.29, 0.717) is 18.9 Å². The van der Waals surface area contributed by atoms with Crippen LogP contribution in [-0.4, -0.2) is 61.6 Å². The van der Waals surface area contributed by atoms with Crippen molar-refractivity contribution in [3.05, 3.63) is 76.5 Å². The largest absolute Gasteiger partial charge is 0.478 e. The third-order valence-corrected chi connectivity index (χ3v) is 6.52. The number of aromatic carboxylic acids is 1. The van der Waals surface area contributed by atoms with E-state index in [1.807, 2.05) is 6.21 Å². The number of morpholine rings is 1. The van der Waals surface area contributed by atoms with Gasteiger partial charge in [0.05, 0.1) is 30.7 Å². The van der Waals surface area contributed by atoms with Gasteiger partial charge in [-0.05, 0) is 73.7 Å². The second kappa shape index (κ2) is 11.7. The molecule has 0 spiro atoms. The van der Waals surface area contributed by atoms with Crippen molar-refractivity contribution in [2.24, 2.45) is 5.10 Å². The number of carbonyl (C=O) groups is 1. The van der Waals surface area contributed by atoms with E-state index in [1.165, 1.54) is 22.5 Å². The fourth-order valence-electron chi connectivity index (χ4n) is 4.69. The van der Waals surface area contributed by atoms with Crippen LogP contribution >= 0.6 is 0 Å². The van der Waals surface area contributed by atoms with Gasteiger partial charge < -0.3 is 19.6 Å². The maximum Gasteiger partial charge on any atom is 0.337 e. The van der Waals surface area contributed by atoms with Crippen molar-refractivity contribution in [3.63, 3.8) is 0 Å². The molecule has 1 saturated heterocycles. The highest BCUT2D eigenvalue weighted by molar-refractivity contribution is 5.94. The third-order valence-electron chi connectivity index (χ3n) is 6.52. The zero-order valence-corrected chi connectivity index (χ0v) is 20.5. The third kappa shape index (κ3) is 5.92. The molecule has 0 atom stereocenters. The number of nitrogens with one attached hydrogen (secondary N) is 1. The van der Waals surface area contributed by atoms with Crippen molar-refractivity contribution >= 4 is 29.6 Å². The summed E-state index contributed by atoms with van der Waals surface area (Å²) in [6.07, 6.45) is 5.96. The molecule has 7 nitrogen and oxygen atoms in total. The first-order valence-electron chi connectivity index (χ1n) is 12.3. The van der Waals surface area contributed by atoms with E-state index in [4.69, 9.17) is 4.74 Å². The lowest BCUT2D eigenvalue weighted by Crippen LogP contribution is -2.36. The zero-order chi connectivity index (χ0) is 24.6. The SMILES string of the molecule is CCN(CC)c1ccc(/C=C2\CCC(/C=N/Nc3ccccc3C(=O)O)=C2N2CCOCC2)cc1. The number of para-hydroxylation sites is 1. The number of nitrogens with zero attached hydrogens (tertiary/aromatic N) is 3. The molecule has 2 N–H and O–H groups in total. The van der Waals surface area contributed by atoms with Crippen molar-refractivity contribution in [1.82, 2.24) is 4.90 Å². The molecular formula is C28H34N4O3. The van der Waals surface area contributed by atoms with Gasteiger partial charge in [0.25, 0.3) is 0 Å². The van der Waals surface area contributed by atoms with E-state index in [-0.39, 0.29) is 5.56 Å². The minimum atomic E-state index is -0.977. The molecule has 4 rings (SSSR count). The van der Waals surface area contributed by atoms with E-state index >= 15 is 0 Å². The average Bonchev–Trinajstić information content (AvgIpc) is 3.28. The monoisotopic (exact) mass is 474 g/mol. The standard InChI is InChI=1S/C28H34N4O3/c1-3-31(4-2)24-13-9-21(10-14-24)19-22-11-12-23(27(22)32-15-17-35-18-16-32)20-29-30-26-8-6-5-7-25(26)28(33)34/h5-10,13-14,19-20,30H,3-4,11-12,15-18H2,1-2H3,(H,33,34)/b22-19+,29-20+. The topological polar surface area (TPSA) is 77.4 Å². The van der Waals surface area contributed by atoms with Crippen LogP contribution in [0, 0.1) is 0 Å². The van der Waals surface area contributed by atoms with Gasteiger partial charge in [0.2, 0.25) is 0 Å². The number of rotatable bonds is 9. The Hall–Kier alpha value is -3.58. The molecule has 0 unspecified atom stereocenters. The Labute approximate surface area is 207 Å². The van der Waals surface area contributed by atoms with Crippen LogP contribution in [0.3, 0.4) is 0 Å². The summed E-state index contributed by atoms with van der Waals surface area (Å²) in [7, 11) is 0. The summed E-state index contributed by atoms with van der Waals surface area (Å²) in [6.45, 7) is 9.46. The number of carboxylic acids is 1. The Morgan fingerprint density at radius 1 is 1.09 bits per heavy atom. The number of anilines is 2. The highest BCUT2D eigenvalue weighted by Gasteiger charge is 2.25. The van der Waals surface area contributed by atoms with E-state index in [1.54, 1.807) is 24.3 Å². The number of carboxylic acid groups (broad SMARTS) is 1. The maximum absolute atomic E-state index is 11.5. The van der Waals surface area contributed by atoms with Gasteiger partial charge in [-0.25, -0.2) is 4.79 Å². The summed E-state index contributed by atoms with van der Waals surface area (Å²) in [5, 5.41) is 13.8.